The van der Waals surface area contributed by atoms with E-state index in [-0.39, 0.29) is 11.5 Å². The molecule has 0 radical (unpaired) electrons. The Morgan fingerprint density at radius 1 is 0.900 bits per heavy atom. The maximum atomic E-state index is 10.4. The first kappa shape index (κ1) is 17.2. The molecule has 1 N–H and O–H groups in total. The summed E-state index contributed by atoms with van der Waals surface area (Å²) in [6, 6.07) is 0. The third-order valence-electron chi connectivity index (χ3n) is 4.35. The number of aliphatic hydroxyl groups excluding tert-OH is 1. The maximum Gasteiger partial charge on any atom is 0.0628 e. The van der Waals surface area contributed by atoms with E-state index >= 15 is 0 Å². The minimum atomic E-state index is -0.263. The molecule has 1 aliphatic rings. The fourth-order valence-corrected chi connectivity index (χ4v) is 2.84. The highest BCUT2D eigenvalue weighted by Crippen LogP contribution is 2.29. The second kappa shape index (κ2) is 7.83. The summed E-state index contributed by atoms with van der Waals surface area (Å²) in [7, 11) is 0. The highest BCUT2D eigenvalue weighted by atomic mass is 16.3. The summed E-state index contributed by atoms with van der Waals surface area (Å²) >= 11 is 0. The molecule has 0 heterocycles. The standard InChI is InChI=1S/C19H32O/c1-15-8-6-10-16(2)12-13-18(20)19(4,5)14-17(3)11-7-9-15/h9-10,14,18,20H,6-8,11-13H2,1-5H3/b15-9+,16-10+,17-14+/t18-/m0/s1. The molecule has 0 unspecified atom stereocenters. The zero-order chi connectivity index (χ0) is 15.2. The van der Waals surface area contributed by atoms with E-state index in [1.54, 1.807) is 0 Å². The van der Waals surface area contributed by atoms with Gasteiger partial charge in [0.05, 0.1) is 6.10 Å². The molecule has 0 aromatic rings. The van der Waals surface area contributed by atoms with Gasteiger partial charge in [-0.2, -0.15) is 0 Å². The van der Waals surface area contributed by atoms with Crippen molar-refractivity contribution in [3.05, 3.63) is 34.9 Å². The Labute approximate surface area is 125 Å². The zero-order valence-electron chi connectivity index (χ0n) is 14.0. The van der Waals surface area contributed by atoms with Crippen LogP contribution in [0.15, 0.2) is 34.9 Å². The van der Waals surface area contributed by atoms with Gasteiger partial charge in [-0.1, -0.05) is 48.8 Å². The number of hydrogen-bond acceptors (Lipinski definition) is 1. The van der Waals surface area contributed by atoms with Gasteiger partial charge in [0.25, 0.3) is 0 Å². The molecule has 0 amide bonds. The Balaban J connectivity index is 2.87. The molecule has 0 aromatic carbocycles. The van der Waals surface area contributed by atoms with E-state index < -0.39 is 0 Å². The van der Waals surface area contributed by atoms with Crippen molar-refractivity contribution in [3.8, 4) is 0 Å². The van der Waals surface area contributed by atoms with Crippen molar-refractivity contribution >= 4 is 0 Å². The summed E-state index contributed by atoms with van der Waals surface area (Å²) in [6.07, 6.45) is 13.1. The van der Waals surface area contributed by atoms with Crippen LogP contribution in [0.2, 0.25) is 0 Å². The van der Waals surface area contributed by atoms with Crippen molar-refractivity contribution in [1.82, 2.24) is 0 Å². The van der Waals surface area contributed by atoms with Gasteiger partial charge in [-0.15, -0.1) is 0 Å². The van der Waals surface area contributed by atoms with Crippen molar-refractivity contribution in [2.45, 2.75) is 79.2 Å². The Morgan fingerprint density at radius 3 is 2.00 bits per heavy atom. The minimum Gasteiger partial charge on any atom is -0.392 e. The van der Waals surface area contributed by atoms with Gasteiger partial charge in [-0.3, -0.25) is 0 Å². The molecule has 0 aromatic heterocycles. The normalized spacial score (nSPS) is 33.9. The van der Waals surface area contributed by atoms with E-state index in [1.165, 1.54) is 16.7 Å². The van der Waals surface area contributed by atoms with Crippen LogP contribution in [-0.4, -0.2) is 11.2 Å². The fourth-order valence-electron chi connectivity index (χ4n) is 2.84. The molecule has 1 nitrogen and oxygen atoms in total. The quantitative estimate of drug-likeness (QED) is 0.574. The predicted molar refractivity (Wildman–Crippen MR) is 88.8 cm³/mol. The Kier molecular flexibility index (Phi) is 6.75. The second-order valence-electron chi connectivity index (χ2n) is 7.04. The van der Waals surface area contributed by atoms with Crippen LogP contribution >= 0.6 is 0 Å². The SMILES string of the molecule is C/C1=C\CC/C(C)=C/C(C)(C)[C@@H](O)CC/C(C)=C/CC1. The van der Waals surface area contributed by atoms with Crippen molar-refractivity contribution < 1.29 is 5.11 Å². The first-order valence-electron chi connectivity index (χ1n) is 7.99. The van der Waals surface area contributed by atoms with Gasteiger partial charge in [0, 0.05) is 5.41 Å². The summed E-state index contributed by atoms with van der Waals surface area (Å²) in [5.74, 6) is 0. The van der Waals surface area contributed by atoms with Crippen LogP contribution in [0, 0.1) is 5.41 Å². The van der Waals surface area contributed by atoms with E-state index in [2.05, 4.69) is 52.8 Å². The minimum absolute atomic E-state index is 0.132. The van der Waals surface area contributed by atoms with Crippen LogP contribution < -0.4 is 0 Å². The van der Waals surface area contributed by atoms with E-state index in [9.17, 15) is 5.11 Å². The van der Waals surface area contributed by atoms with Crippen LogP contribution in [-0.2, 0) is 0 Å². The molecule has 0 aliphatic heterocycles. The average Bonchev–Trinajstić information content (AvgIpc) is 2.34. The van der Waals surface area contributed by atoms with Gasteiger partial charge in [0.1, 0.15) is 0 Å². The Hall–Kier alpha value is -0.820. The van der Waals surface area contributed by atoms with Crippen LogP contribution in [0.3, 0.4) is 0 Å². The largest absolute Gasteiger partial charge is 0.392 e. The third kappa shape index (κ3) is 6.09. The summed E-state index contributed by atoms with van der Waals surface area (Å²) < 4.78 is 0. The van der Waals surface area contributed by atoms with E-state index in [4.69, 9.17) is 0 Å². The highest BCUT2D eigenvalue weighted by molar-refractivity contribution is 5.11. The Morgan fingerprint density at radius 2 is 1.40 bits per heavy atom. The first-order chi connectivity index (χ1) is 9.31. The van der Waals surface area contributed by atoms with Gasteiger partial charge < -0.3 is 5.11 Å². The smallest absolute Gasteiger partial charge is 0.0628 e. The molecule has 0 bridgehead atoms. The molecule has 0 spiro atoms. The van der Waals surface area contributed by atoms with Gasteiger partial charge in [0.15, 0.2) is 0 Å². The molecule has 1 heteroatoms. The molecule has 1 rings (SSSR count). The van der Waals surface area contributed by atoms with E-state index in [0.717, 1.165) is 38.5 Å². The maximum absolute atomic E-state index is 10.4. The summed E-state index contributed by atoms with van der Waals surface area (Å²) in [4.78, 5) is 0. The predicted octanol–water partition coefficient (Wildman–Crippen LogP) is 5.57. The molecule has 0 fully saturated rings. The zero-order valence-corrected chi connectivity index (χ0v) is 14.0. The highest BCUT2D eigenvalue weighted by Gasteiger charge is 2.25. The van der Waals surface area contributed by atoms with Crippen LogP contribution in [0.1, 0.15) is 73.1 Å². The molecule has 114 valence electrons. The molecule has 0 saturated heterocycles. The van der Waals surface area contributed by atoms with Crippen molar-refractivity contribution in [2.24, 2.45) is 5.41 Å². The van der Waals surface area contributed by atoms with Crippen LogP contribution in [0.4, 0.5) is 0 Å². The summed E-state index contributed by atoms with van der Waals surface area (Å²) in [5.41, 5.74) is 4.17. The lowest BCUT2D eigenvalue weighted by molar-refractivity contribution is 0.0736. The molecule has 1 atom stereocenters. The van der Waals surface area contributed by atoms with E-state index in [1.807, 2.05) is 0 Å². The average molecular weight is 276 g/mol. The molecule has 0 saturated carbocycles. The fraction of sp³-hybridized carbons (Fsp3) is 0.684. The number of allylic oxidation sites excluding steroid dienone is 5. The van der Waals surface area contributed by atoms with Crippen LogP contribution in [0.25, 0.3) is 0 Å². The molecular formula is C19H32O. The summed E-state index contributed by atoms with van der Waals surface area (Å²) in [6.45, 7) is 10.9. The van der Waals surface area contributed by atoms with E-state index in [0.29, 0.717) is 0 Å². The van der Waals surface area contributed by atoms with Crippen molar-refractivity contribution in [1.29, 1.82) is 0 Å². The number of hydrogen-bond donors (Lipinski definition) is 1. The van der Waals surface area contributed by atoms with Gasteiger partial charge >= 0.3 is 0 Å². The Bertz CT molecular complexity index is 396. The van der Waals surface area contributed by atoms with Crippen molar-refractivity contribution in [2.75, 3.05) is 0 Å². The van der Waals surface area contributed by atoms with Gasteiger partial charge in [0.2, 0.25) is 0 Å². The lowest BCUT2D eigenvalue weighted by atomic mass is 9.81. The second-order valence-corrected chi connectivity index (χ2v) is 7.04. The monoisotopic (exact) mass is 276 g/mol. The number of rotatable bonds is 0. The molecule has 20 heavy (non-hydrogen) atoms. The summed E-state index contributed by atoms with van der Waals surface area (Å²) in [5, 5.41) is 10.4. The molecule has 1 aliphatic carbocycles. The first-order valence-corrected chi connectivity index (χ1v) is 7.99. The van der Waals surface area contributed by atoms with Crippen LogP contribution in [0.5, 0.6) is 0 Å². The lowest BCUT2D eigenvalue weighted by Gasteiger charge is -2.28. The topological polar surface area (TPSA) is 20.2 Å². The third-order valence-corrected chi connectivity index (χ3v) is 4.35. The molecular weight excluding hydrogens is 244 g/mol. The van der Waals surface area contributed by atoms with Crippen molar-refractivity contribution in [3.63, 3.8) is 0 Å². The lowest BCUT2D eigenvalue weighted by Crippen LogP contribution is -2.27. The van der Waals surface area contributed by atoms with Gasteiger partial charge in [-0.25, -0.2) is 0 Å². The van der Waals surface area contributed by atoms with Gasteiger partial charge in [-0.05, 0) is 59.3 Å². The number of aliphatic hydroxyl groups is 1.